The summed E-state index contributed by atoms with van der Waals surface area (Å²) in [6.07, 6.45) is 3.66. The minimum absolute atomic E-state index is 0.0400. The van der Waals surface area contributed by atoms with Crippen molar-refractivity contribution < 1.29 is 23.9 Å². The van der Waals surface area contributed by atoms with Crippen molar-refractivity contribution in [1.82, 2.24) is 25.0 Å². The Kier molecular flexibility index (Phi) is 9.63. The Morgan fingerprint density at radius 2 is 1.75 bits per heavy atom. The van der Waals surface area contributed by atoms with Crippen LogP contribution in [0.25, 0.3) is 39.2 Å². The first kappa shape index (κ1) is 33.0. The molecule has 1 saturated heterocycles. The van der Waals surface area contributed by atoms with Crippen molar-refractivity contribution in [2.24, 2.45) is 0 Å². The minimum Gasteiger partial charge on any atom is -0.481 e. The molecule has 48 heavy (non-hydrogen) atoms. The molecule has 1 aliphatic rings. The van der Waals surface area contributed by atoms with E-state index in [1.165, 1.54) is 17.7 Å². The number of methoxy groups -OCH3 is 1. The lowest BCUT2D eigenvalue weighted by Gasteiger charge is -2.16. The molecule has 5 aromatic rings. The molecule has 0 saturated carbocycles. The highest BCUT2D eigenvalue weighted by Crippen LogP contribution is 2.43. The monoisotopic (exact) mass is 705 g/mol. The Morgan fingerprint density at radius 3 is 2.44 bits per heavy atom. The maximum Gasteiger partial charge on any atom is 0.407 e. The van der Waals surface area contributed by atoms with Gasteiger partial charge in [-0.15, -0.1) is 0 Å². The van der Waals surface area contributed by atoms with Gasteiger partial charge in [-0.2, -0.15) is 0 Å². The van der Waals surface area contributed by atoms with Crippen LogP contribution in [0, 0.1) is 0 Å². The predicted octanol–water partition coefficient (Wildman–Crippen LogP) is 6.38. The van der Waals surface area contributed by atoms with Crippen molar-refractivity contribution in [1.29, 1.82) is 0 Å². The number of hydrogen-bond donors (Lipinski definition) is 2. The molecule has 11 nitrogen and oxygen atoms in total. The van der Waals surface area contributed by atoms with Gasteiger partial charge < -0.3 is 20.1 Å². The standard InChI is InChI=1S/C34H26Cl3N5O6/c1-47-32-25(17-48-34(46)39-15-20-8-9-29(44)40-20)26(35)13-27(41-32)24-7-3-6-23(31(24)37)22-5-2-4-21(30(22)36)18-10-11-42-28(12-18)38-14-19(16-43)33(42)45/h2-7,10-14,16,20H,8-9,15,17H2,1H3,(H,39,46)(H,40,44). The van der Waals surface area contributed by atoms with Gasteiger partial charge in [0.2, 0.25) is 11.8 Å². The topological polar surface area (TPSA) is 141 Å². The van der Waals surface area contributed by atoms with E-state index in [-0.39, 0.29) is 41.6 Å². The molecular formula is C34H26Cl3N5O6. The summed E-state index contributed by atoms with van der Waals surface area (Å²) in [4.78, 5) is 56.2. The van der Waals surface area contributed by atoms with Gasteiger partial charge in [0.15, 0.2) is 6.29 Å². The highest BCUT2D eigenvalue weighted by atomic mass is 35.5. The molecule has 1 aliphatic heterocycles. The van der Waals surface area contributed by atoms with Gasteiger partial charge in [0.05, 0.1) is 39.0 Å². The smallest absolute Gasteiger partial charge is 0.407 e. The predicted molar refractivity (Wildman–Crippen MR) is 182 cm³/mol. The van der Waals surface area contributed by atoms with Crippen molar-refractivity contribution in [2.75, 3.05) is 13.7 Å². The molecule has 2 amide bonds. The number of alkyl carbamates (subject to hydrolysis) is 1. The van der Waals surface area contributed by atoms with E-state index >= 15 is 0 Å². The van der Waals surface area contributed by atoms with E-state index in [1.54, 1.807) is 30.5 Å². The number of rotatable bonds is 9. The number of amides is 2. The lowest BCUT2D eigenvalue weighted by Crippen LogP contribution is -2.38. The first-order valence-corrected chi connectivity index (χ1v) is 15.8. The maximum absolute atomic E-state index is 12.5. The van der Waals surface area contributed by atoms with E-state index in [9.17, 15) is 19.2 Å². The molecule has 244 valence electrons. The Bertz CT molecular complexity index is 2160. The van der Waals surface area contributed by atoms with Crippen molar-refractivity contribution in [2.45, 2.75) is 25.5 Å². The summed E-state index contributed by atoms with van der Waals surface area (Å²) in [5.74, 6) is 0.106. The molecule has 1 unspecified atom stereocenters. The zero-order valence-electron chi connectivity index (χ0n) is 25.3. The maximum atomic E-state index is 12.5. The summed E-state index contributed by atoms with van der Waals surface area (Å²) < 4.78 is 12.1. The Labute approximate surface area is 288 Å². The van der Waals surface area contributed by atoms with Crippen LogP contribution >= 0.6 is 34.8 Å². The fourth-order valence-corrected chi connectivity index (χ4v) is 6.32. The summed E-state index contributed by atoms with van der Waals surface area (Å²) >= 11 is 20.6. The molecule has 2 aromatic carbocycles. The molecule has 0 radical (unpaired) electrons. The van der Waals surface area contributed by atoms with Crippen molar-refractivity contribution >= 4 is 58.7 Å². The molecule has 0 aliphatic carbocycles. The van der Waals surface area contributed by atoms with E-state index in [2.05, 4.69) is 20.6 Å². The number of hydrogen-bond acceptors (Lipinski definition) is 8. The second kappa shape index (κ2) is 14.0. The first-order chi connectivity index (χ1) is 23.2. The molecule has 2 N–H and O–H groups in total. The number of carbonyl (C=O) groups is 3. The van der Waals surface area contributed by atoms with Crippen LogP contribution in [0.4, 0.5) is 4.79 Å². The number of nitrogens with one attached hydrogen (secondary N) is 2. The molecule has 1 atom stereocenters. The van der Waals surface area contributed by atoms with Gasteiger partial charge in [0, 0.05) is 53.7 Å². The molecule has 4 heterocycles. The number of halogens is 3. The van der Waals surface area contributed by atoms with Gasteiger partial charge >= 0.3 is 6.09 Å². The number of ether oxygens (including phenoxy) is 2. The molecule has 0 spiro atoms. The van der Waals surface area contributed by atoms with Gasteiger partial charge in [-0.1, -0.05) is 71.2 Å². The van der Waals surface area contributed by atoms with Crippen LogP contribution < -0.4 is 20.9 Å². The largest absolute Gasteiger partial charge is 0.481 e. The Morgan fingerprint density at radius 1 is 1.04 bits per heavy atom. The summed E-state index contributed by atoms with van der Waals surface area (Å²) in [6.45, 7) is 0.0456. The number of benzene rings is 2. The fraction of sp³-hybridized carbons (Fsp3) is 0.176. The number of aromatic nitrogens is 3. The zero-order valence-corrected chi connectivity index (χ0v) is 27.5. The van der Waals surface area contributed by atoms with Crippen LogP contribution in [0.3, 0.4) is 0 Å². The van der Waals surface area contributed by atoms with E-state index in [0.717, 1.165) is 0 Å². The van der Waals surface area contributed by atoms with E-state index in [0.29, 0.717) is 73.9 Å². The second-order valence-corrected chi connectivity index (χ2v) is 12.0. The third-order valence-electron chi connectivity index (χ3n) is 7.89. The molecule has 6 rings (SSSR count). The van der Waals surface area contributed by atoms with Crippen LogP contribution in [0.5, 0.6) is 5.88 Å². The van der Waals surface area contributed by atoms with Gasteiger partial charge in [-0.05, 0) is 30.2 Å². The molecule has 0 bridgehead atoms. The van der Waals surface area contributed by atoms with Crippen molar-refractivity contribution in [3.05, 3.63) is 104 Å². The van der Waals surface area contributed by atoms with Crippen LogP contribution in [-0.4, -0.2) is 52.4 Å². The van der Waals surface area contributed by atoms with E-state index in [4.69, 9.17) is 44.3 Å². The second-order valence-electron chi connectivity index (χ2n) is 10.9. The Hall–Kier alpha value is -4.97. The highest BCUT2D eigenvalue weighted by molar-refractivity contribution is 6.39. The summed E-state index contributed by atoms with van der Waals surface area (Å²) in [7, 11) is 1.43. The fourth-order valence-electron chi connectivity index (χ4n) is 5.42. The van der Waals surface area contributed by atoms with Crippen molar-refractivity contribution in [3.63, 3.8) is 0 Å². The molecule has 3 aromatic heterocycles. The normalized spacial score (nSPS) is 14.1. The average Bonchev–Trinajstić information content (AvgIpc) is 3.51. The summed E-state index contributed by atoms with van der Waals surface area (Å²) in [5, 5.41) is 6.43. The van der Waals surface area contributed by atoms with Gasteiger partial charge in [-0.3, -0.25) is 18.8 Å². The lowest BCUT2D eigenvalue weighted by molar-refractivity contribution is -0.119. The van der Waals surface area contributed by atoms with E-state index < -0.39 is 11.7 Å². The number of aldehydes is 1. The molecule has 1 fully saturated rings. The minimum atomic E-state index is -0.672. The van der Waals surface area contributed by atoms with E-state index in [1.807, 2.05) is 30.3 Å². The van der Waals surface area contributed by atoms with Crippen LogP contribution in [0.15, 0.2) is 71.8 Å². The summed E-state index contributed by atoms with van der Waals surface area (Å²) in [6, 6.07) is 15.8. The quantitative estimate of drug-likeness (QED) is 0.168. The van der Waals surface area contributed by atoms with Gasteiger partial charge in [-0.25, -0.2) is 14.8 Å². The number of carbonyl (C=O) groups excluding carboxylic acids is 3. The van der Waals surface area contributed by atoms with Gasteiger partial charge in [0.25, 0.3) is 5.56 Å². The van der Waals surface area contributed by atoms with Crippen LogP contribution in [0.1, 0.15) is 28.8 Å². The average molecular weight is 707 g/mol. The van der Waals surface area contributed by atoms with Crippen LogP contribution in [-0.2, 0) is 16.1 Å². The lowest BCUT2D eigenvalue weighted by atomic mass is 9.97. The number of nitrogens with zero attached hydrogens (tertiary/aromatic N) is 3. The third-order valence-corrected chi connectivity index (χ3v) is 9.04. The molecular weight excluding hydrogens is 681 g/mol. The van der Waals surface area contributed by atoms with Crippen molar-refractivity contribution in [3.8, 4) is 39.4 Å². The zero-order chi connectivity index (χ0) is 33.9. The first-order valence-electron chi connectivity index (χ1n) is 14.7. The summed E-state index contributed by atoms with van der Waals surface area (Å²) in [5.41, 5.74) is 3.85. The Balaban J connectivity index is 1.27. The third kappa shape index (κ3) is 6.57. The SMILES string of the molecule is COc1nc(-c2cccc(-c3cccc(-c4ccn5c(=O)c(C=O)cnc5c4)c3Cl)c2Cl)cc(Cl)c1COC(=O)NCC1CCC(=O)N1. The highest BCUT2D eigenvalue weighted by Gasteiger charge is 2.23. The molecule has 14 heteroatoms. The van der Waals surface area contributed by atoms with Crippen LogP contribution in [0.2, 0.25) is 15.1 Å². The van der Waals surface area contributed by atoms with Gasteiger partial charge in [0.1, 0.15) is 12.3 Å². The number of pyridine rings is 2. The number of fused-ring (bicyclic) bond motifs is 1.